The third kappa shape index (κ3) is 4.95. The summed E-state index contributed by atoms with van der Waals surface area (Å²) in [5, 5.41) is 10.9. The first-order valence-corrected chi connectivity index (χ1v) is 10.8. The molecule has 0 aliphatic carbocycles. The number of carbonyl (C=O) groups is 1. The Kier molecular flexibility index (Phi) is 6.37. The number of nitro benzene ring substituents is 1. The Hall–Kier alpha value is -2.98. The van der Waals surface area contributed by atoms with Crippen LogP contribution in [0.2, 0.25) is 0 Å². The van der Waals surface area contributed by atoms with Crippen molar-refractivity contribution >= 4 is 21.7 Å². The highest BCUT2D eigenvalue weighted by Crippen LogP contribution is 2.23. The van der Waals surface area contributed by atoms with Crippen LogP contribution >= 0.6 is 0 Å². The van der Waals surface area contributed by atoms with E-state index in [4.69, 9.17) is 4.18 Å². The number of hydrogen-bond acceptors (Lipinski definition) is 7. The van der Waals surface area contributed by atoms with Gasteiger partial charge in [-0.2, -0.15) is 8.42 Å². The van der Waals surface area contributed by atoms with E-state index in [9.17, 15) is 23.3 Å². The highest BCUT2D eigenvalue weighted by Gasteiger charge is 2.26. The third-order valence-electron chi connectivity index (χ3n) is 5.04. The lowest BCUT2D eigenvalue weighted by Crippen LogP contribution is -2.47. The van der Waals surface area contributed by atoms with E-state index < -0.39 is 15.0 Å². The summed E-state index contributed by atoms with van der Waals surface area (Å²) in [5.41, 5.74) is 0.0904. The fraction of sp³-hybridized carbons (Fsp3) is 0.350. The molecule has 0 aromatic heterocycles. The molecule has 9 nitrogen and oxygen atoms in total. The zero-order valence-electron chi connectivity index (χ0n) is 16.7. The maximum absolute atomic E-state index is 12.8. The number of carbonyl (C=O) groups excluding carboxylic acids is 1. The number of likely N-dealkylation sites (N-methyl/N-ethyl adjacent to an activating group) is 1. The topological polar surface area (TPSA) is 110 Å². The summed E-state index contributed by atoms with van der Waals surface area (Å²) < 4.78 is 29.9. The summed E-state index contributed by atoms with van der Waals surface area (Å²) in [6, 6.07) is 10.8. The fourth-order valence-electron chi connectivity index (χ4n) is 3.32. The second-order valence-corrected chi connectivity index (χ2v) is 8.87. The Morgan fingerprint density at radius 2 is 1.90 bits per heavy atom. The van der Waals surface area contributed by atoms with Crippen LogP contribution in [-0.4, -0.2) is 62.3 Å². The Morgan fingerprint density at radius 3 is 2.53 bits per heavy atom. The molecule has 30 heavy (non-hydrogen) atoms. The molecule has 160 valence electrons. The van der Waals surface area contributed by atoms with Gasteiger partial charge >= 0.3 is 10.1 Å². The summed E-state index contributed by atoms with van der Waals surface area (Å²) >= 11 is 0. The second-order valence-electron chi connectivity index (χ2n) is 7.33. The molecule has 0 bridgehead atoms. The van der Waals surface area contributed by atoms with Crippen LogP contribution in [0.1, 0.15) is 23.2 Å². The Labute approximate surface area is 175 Å². The molecule has 2 aromatic rings. The molecular weight excluding hydrogens is 410 g/mol. The van der Waals surface area contributed by atoms with Crippen LogP contribution in [0.5, 0.6) is 5.75 Å². The van der Waals surface area contributed by atoms with Crippen LogP contribution in [0, 0.1) is 10.1 Å². The normalized spacial score (nSPS) is 17.0. The number of nitrogens with zero attached hydrogens (tertiary/aromatic N) is 3. The minimum absolute atomic E-state index is 0.0165. The molecule has 1 fully saturated rings. The Balaban J connectivity index is 1.72. The third-order valence-corrected chi connectivity index (χ3v) is 6.28. The van der Waals surface area contributed by atoms with Gasteiger partial charge in [0, 0.05) is 36.8 Å². The van der Waals surface area contributed by atoms with Crippen molar-refractivity contribution < 1.29 is 22.3 Å². The zero-order chi connectivity index (χ0) is 21.9. The van der Waals surface area contributed by atoms with Crippen LogP contribution in [0.15, 0.2) is 53.4 Å². The van der Waals surface area contributed by atoms with Crippen LogP contribution < -0.4 is 4.18 Å². The van der Waals surface area contributed by atoms with E-state index in [2.05, 4.69) is 4.90 Å². The molecule has 0 N–H and O–H groups in total. The lowest BCUT2D eigenvalue weighted by molar-refractivity contribution is -0.385. The van der Waals surface area contributed by atoms with Gasteiger partial charge in [-0.3, -0.25) is 14.9 Å². The van der Waals surface area contributed by atoms with Crippen molar-refractivity contribution in [2.24, 2.45) is 0 Å². The minimum atomic E-state index is -4.25. The molecule has 2 aromatic carbocycles. The Morgan fingerprint density at radius 1 is 1.20 bits per heavy atom. The van der Waals surface area contributed by atoms with Crippen molar-refractivity contribution in [3.63, 3.8) is 0 Å². The maximum Gasteiger partial charge on any atom is 0.339 e. The molecule has 1 amide bonds. The first-order chi connectivity index (χ1) is 14.2. The number of nitro groups is 1. The molecule has 1 atom stereocenters. The highest BCUT2D eigenvalue weighted by atomic mass is 32.2. The zero-order valence-corrected chi connectivity index (χ0v) is 17.5. The lowest BCUT2D eigenvalue weighted by Gasteiger charge is -2.36. The molecule has 1 aliphatic rings. The molecule has 0 saturated carbocycles. The minimum Gasteiger partial charge on any atom is -0.379 e. The summed E-state index contributed by atoms with van der Waals surface area (Å²) in [7, 11) is -0.260. The van der Waals surface area contributed by atoms with Gasteiger partial charge in [0.1, 0.15) is 10.6 Å². The summed E-state index contributed by atoms with van der Waals surface area (Å²) in [5.74, 6) is -0.0995. The maximum atomic E-state index is 12.8. The quantitative estimate of drug-likeness (QED) is 0.391. The Bertz CT molecular complexity index is 1040. The summed E-state index contributed by atoms with van der Waals surface area (Å²) in [6.07, 6.45) is 1.97. The van der Waals surface area contributed by atoms with Gasteiger partial charge in [-0.15, -0.1) is 0 Å². The monoisotopic (exact) mass is 433 g/mol. The second kappa shape index (κ2) is 8.80. The van der Waals surface area contributed by atoms with Crippen LogP contribution in [0.4, 0.5) is 5.69 Å². The molecule has 0 radical (unpaired) electrons. The van der Waals surface area contributed by atoms with Crippen molar-refractivity contribution in [3.8, 4) is 5.75 Å². The van der Waals surface area contributed by atoms with E-state index in [0.29, 0.717) is 24.7 Å². The molecule has 3 rings (SSSR count). The van der Waals surface area contributed by atoms with Crippen molar-refractivity contribution in [2.75, 3.05) is 27.2 Å². The molecule has 1 aliphatic heterocycles. The van der Waals surface area contributed by atoms with Crippen LogP contribution in [-0.2, 0) is 10.1 Å². The standard InChI is InChI=1S/C20H23N3O6S/c1-21(2)17-6-4-12-22(14-17)20(24)15-8-10-18(11-9-15)29-30(27,28)19-7-3-5-16(13-19)23(25)26/h3,5,7-11,13,17H,4,6,12,14H2,1-2H3. The van der Waals surface area contributed by atoms with Crippen molar-refractivity contribution in [3.05, 3.63) is 64.2 Å². The van der Waals surface area contributed by atoms with Crippen molar-refractivity contribution in [1.82, 2.24) is 9.80 Å². The van der Waals surface area contributed by atoms with Gasteiger partial charge in [0.15, 0.2) is 0 Å². The number of likely N-dealkylation sites (tertiary alicyclic amines) is 1. The molecule has 1 unspecified atom stereocenters. The van der Waals surface area contributed by atoms with Crippen molar-refractivity contribution in [2.45, 2.75) is 23.8 Å². The molecule has 1 saturated heterocycles. The average Bonchev–Trinajstić information content (AvgIpc) is 2.73. The number of hydrogen-bond donors (Lipinski definition) is 0. The largest absolute Gasteiger partial charge is 0.379 e. The van der Waals surface area contributed by atoms with Gasteiger partial charge in [-0.05, 0) is 57.3 Å². The van der Waals surface area contributed by atoms with Crippen LogP contribution in [0.25, 0.3) is 0 Å². The van der Waals surface area contributed by atoms with E-state index in [1.165, 1.54) is 42.5 Å². The van der Waals surface area contributed by atoms with Gasteiger partial charge in [-0.25, -0.2) is 0 Å². The van der Waals surface area contributed by atoms with Gasteiger partial charge in [-0.1, -0.05) is 6.07 Å². The average molecular weight is 433 g/mol. The first kappa shape index (κ1) is 21.7. The summed E-state index contributed by atoms with van der Waals surface area (Å²) in [6.45, 7) is 1.33. The molecule has 0 spiro atoms. The molecule has 1 heterocycles. The van der Waals surface area contributed by atoms with E-state index in [1.807, 2.05) is 14.1 Å². The van der Waals surface area contributed by atoms with Crippen molar-refractivity contribution in [1.29, 1.82) is 0 Å². The van der Waals surface area contributed by atoms with Crippen LogP contribution in [0.3, 0.4) is 0 Å². The molecule has 10 heteroatoms. The van der Waals surface area contributed by atoms with E-state index in [0.717, 1.165) is 18.9 Å². The number of rotatable bonds is 6. The predicted octanol–water partition coefficient (Wildman–Crippen LogP) is 2.53. The highest BCUT2D eigenvalue weighted by molar-refractivity contribution is 7.87. The van der Waals surface area contributed by atoms with E-state index in [-0.39, 0.29) is 22.2 Å². The number of amides is 1. The van der Waals surface area contributed by atoms with Gasteiger partial charge in [0.2, 0.25) is 0 Å². The first-order valence-electron chi connectivity index (χ1n) is 9.42. The lowest BCUT2D eigenvalue weighted by atomic mass is 10.0. The van der Waals surface area contributed by atoms with E-state index in [1.54, 1.807) is 4.90 Å². The fourth-order valence-corrected chi connectivity index (χ4v) is 4.29. The van der Waals surface area contributed by atoms with E-state index >= 15 is 0 Å². The van der Waals surface area contributed by atoms with Gasteiger partial charge in [0.05, 0.1) is 4.92 Å². The number of benzene rings is 2. The number of piperidine rings is 1. The molecular formula is C20H23N3O6S. The van der Waals surface area contributed by atoms with Gasteiger partial charge < -0.3 is 14.0 Å². The SMILES string of the molecule is CN(C)C1CCCN(C(=O)c2ccc(OS(=O)(=O)c3cccc([N+](=O)[O-])c3)cc2)C1. The van der Waals surface area contributed by atoms with Gasteiger partial charge in [0.25, 0.3) is 11.6 Å². The predicted molar refractivity (Wildman–Crippen MR) is 110 cm³/mol. The number of non-ortho nitro benzene ring substituents is 1. The smallest absolute Gasteiger partial charge is 0.339 e. The summed E-state index contributed by atoms with van der Waals surface area (Å²) in [4.78, 5) is 26.5.